The number of piperazine rings is 1. The van der Waals surface area contributed by atoms with E-state index in [0.717, 1.165) is 13.1 Å². The van der Waals surface area contributed by atoms with Crippen molar-refractivity contribution in [3.05, 3.63) is 29.8 Å². The highest BCUT2D eigenvalue weighted by Crippen LogP contribution is 2.15. The number of rotatable bonds is 3. The number of ether oxygens (including phenoxy) is 2. The number of carbonyl (C=O) groups excluding carboxylic acids is 2. The van der Waals surface area contributed by atoms with Crippen LogP contribution in [0.5, 0.6) is 5.75 Å². The molecule has 1 aliphatic heterocycles. The predicted molar refractivity (Wildman–Crippen MR) is 72.9 cm³/mol. The molecule has 1 aliphatic rings. The highest BCUT2D eigenvalue weighted by Gasteiger charge is 2.18. The van der Waals surface area contributed by atoms with Crippen LogP contribution >= 0.6 is 0 Å². The van der Waals surface area contributed by atoms with Crippen LogP contribution in [-0.2, 0) is 4.74 Å². The quantitative estimate of drug-likeness (QED) is 0.843. The second kappa shape index (κ2) is 6.91. The van der Waals surface area contributed by atoms with Gasteiger partial charge in [-0.05, 0) is 25.1 Å². The van der Waals surface area contributed by atoms with E-state index in [1.54, 1.807) is 30.0 Å². The monoisotopic (exact) mass is 278 g/mol. The van der Waals surface area contributed by atoms with E-state index in [9.17, 15) is 9.59 Å². The minimum atomic E-state index is -0.424. The van der Waals surface area contributed by atoms with Crippen molar-refractivity contribution < 1.29 is 19.1 Å². The zero-order valence-corrected chi connectivity index (χ0v) is 11.4. The topological polar surface area (TPSA) is 67.9 Å². The number of hydrogen-bond acceptors (Lipinski definition) is 5. The lowest BCUT2D eigenvalue weighted by molar-refractivity contribution is 0.0525. The Labute approximate surface area is 117 Å². The molecule has 1 aromatic rings. The fourth-order valence-electron chi connectivity index (χ4n) is 1.91. The summed E-state index contributed by atoms with van der Waals surface area (Å²) in [5.74, 6) is -0.0772. The lowest BCUT2D eigenvalue weighted by Crippen LogP contribution is -2.47. The average molecular weight is 278 g/mol. The summed E-state index contributed by atoms with van der Waals surface area (Å²) >= 11 is 0. The molecule has 20 heavy (non-hydrogen) atoms. The molecule has 0 bridgehead atoms. The fraction of sp³-hybridized carbons (Fsp3) is 0.429. The van der Waals surface area contributed by atoms with Gasteiger partial charge in [-0.25, -0.2) is 9.59 Å². The molecule has 0 unspecified atom stereocenters. The zero-order chi connectivity index (χ0) is 14.4. The molecule has 108 valence electrons. The number of amides is 1. The highest BCUT2D eigenvalue weighted by atomic mass is 16.6. The molecule has 2 rings (SSSR count). The maximum Gasteiger partial charge on any atom is 0.415 e. The summed E-state index contributed by atoms with van der Waals surface area (Å²) in [5, 5.41) is 3.16. The van der Waals surface area contributed by atoms with Crippen LogP contribution in [0, 0.1) is 0 Å². The minimum Gasteiger partial charge on any atom is -0.462 e. The van der Waals surface area contributed by atoms with E-state index in [2.05, 4.69) is 5.32 Å². The first kappa shape index (κ1) is 14.3. The van der Waals surface area contributed by atoms with Crippen LogP contribution in [0.2, 0.25) is 0 Å². The average Bonchev–Trinajstić information content (AvgIpc) is 2.48. The molecule has 0 aromatic heterocycles. The van der Waals surface area contributed by atoms with E-state index in [4.69, 9.17) is 9.47 Å². The molecule has 6 nitrogen and oxygen atoms in total. The minimum absolute atomic E-state index is 0.309. The third kappa shape index (κ3) is 3.71. The number of carbonyl (C=O) groups is 2. The zero-order valence-electron chi connectivity index (χ0n) is 11.4. The third-order valence-corrected chi connectivity index (χ3v) is 2.93. The normalized spacial score (nSPS) is 14.8. The molecule has 0 radical (unpaired) electrons. The first-order chi connectivity index (χ1) is 9.70. The Morgan fingerprint density at radius 2 is 2.05 bits per heavy atom. The van der Waals surface area contributed by atoms with Crippen LogP contribution in [-0.4, -0.2) is 49.7 Å². The molecule has 1 saturated heterocycles. The smallest absolute Gasteiger partial charge is 0.415 e. The fourth-order valence-corrected chi connectivity index (χ4v) is 1.91. The Morgan fingerprint density at radius 3 is 2.75 bits per heavy atom. The van der Waals surface area contributed by atoms with Crippen LogP contribution < -0.4 is 10.1 Å². The summed E-state index contributed by atoms with van der Waals surface area (Å²) in [4.78, 5) is 25.2. The molecule has 0 spiro atoms. The Morgan fingerprint density at radius 1 is 1.30 bits per heavy atom. The number of nitrogens with zero attached hydrogens (tertiary/aromatic N) is 1. The summed E-state index contributed by atoms with van der Waals surface area (Å²) < 4.78 is 10.2. The molecular formula is C14H18N2O4. The first-order valence-corrected chi connectivity index (χ1v) is 6.65. The predicted octanol–water partition coefficient (Wildman–Crippen LogP) is 1.27. The van der Waals surface area contributed by atoms with Crippen LogP contribution in [0.1, 0.15) is 17.3 Å². The van der Waals surface area contributed by atoms with E-state index in [1.165, 1.54) is 6.07 Å². The number of hydrogen-bond donors (Lipinski definition) is 1. The van der Waals surface area contributed by atoms with E-state index in [0.29, 0.717) is 31.0 Å². The van der Waals surface area contributed by atoms with Crippen molar-refractivity contribution in [3.63, 3.8) is 0 Å². The largest absolute Gasteiger partial charge is 0.462 e. The Balaban J connectivity index is 2.00. The van der Waals surface area contributed by atoms with Gasteiger partial charge in [0.2, 0.25) is 0 Å². The van der Waals surface area contributed by atoms with Gasteiger partial charge in [0.05, 0.1) is 12.2 Å². The van der Waals surface area contributed by atoms with Crippen molar-refractivity contribution in [1.29, 1.82) is 0 Å². The second-order valence-electron chi connectivity index (χ2n) is 4.35. The number of esters is 1. The van der Waals surface area contributed by atoms with Gasteiger partial charge in [-0.2, -0.15) is 0 Å². The molecule has 1 amide bonds. The maximum absolute atomic E-state index is 11.9. The van der Waals surface area contributed by atoms with Crippen molar-refractivity contribution in [2.75, 3.05) is 32.8 Å². The van der Waals surface area contributed by atoms with E-state index < -0.39 is 12.1 Å². The van der Waals surface area contributed by atoms with Gasteiger partial charge in [0.1, 0.15) is 5.75 Å². The molecule has 1 heterocycles. The summed E-state index contributed by atoms with van der Waals surface area (Å²) in [6.07, 6.45) is -0.396. The first-order valence-electron chi connectivity index (χ1n) is 6.65. The number of nitrogens with one attached hydrogen (secondary N) is 1. The van der Waals surface area contributed by atoms with E-state index >= 15 is 0 Å². The van der Waals surface area contributed by atoms with Gasteiger partial charge in [-0.3, -0.25) is 0 Å². The highest BCUT2D eigenvalue weighted by molar-refractivity contribution is 5.90. The molecule has 1 N–H and O–H groups in total. The molecule has 1 fully saturated rings. The van der Waals surface area contributed by atoms with Gasteiger partial charge in [0.15, 0.2) is 0 Å². The molecule has 0 aliphatic carbocycles. The van der Waals surface area contributed by atoms with Gasteiger partial charge >= 0.3 is 12.1 Å². The summed E-state index contributed by atoms with van der Waals surface area (Å²) in [5.41, 5.74) is 0.373. The van der Waals surface area contributed by atoms with Crippen molar-refractivity contribution in [3.8, 4) is 5.75 Å². The van der Waals surface area contributed by atoms with Gasteiger partial charge in [0.25, 0.3) is 0 Å². The molecule has 6 heteroatoms. The van der Waals surface area contributed by atoms with Crippen molar-refractivity contribution in [2.45, 2.75) is 6.92 Å². The van der Waals surface area contributed by atoms with Gasteiger partial charge in [0, 0.05) is 26.2 Å². The van der Waals surface area contributed by atoms with Gasteiger partial charge in [-0.15, -0.1) is 0 Å². The maximum atomic E-state index is 11.9. The van der Waals surface area contributed by atoms with Crippen molar-refractivity contribution in [1.82, 2.24) is 10.2 Å². The molecule has 0 atom stereocenters. The Hall–Kier alpha value is -2.08. The van der Waals surface area contributed by atoms with E-state index in [-0.39, 0.29) is 0 Å². The molecular weight excluding hydrogens is 260 g/mol. The Kier molecular flexibility index (Phi) is 4.95. The summed E-state index contributed by atoms with van der Waals surface area (Å²) in [7, 11) is 0. The van der Waals surface area contributed by atoms with Crippen molar-refractivity contribution in [2.24, 2.45) is 0 Å². The molecule has 0 saturated carbocycles. The standard InChI is InChI=1S/C14H18N2O4/c1-2-19-13(17)11-4-3-5-12(10-11)20-14(18)16-8-6-15-7-9-16/h3-5,10,15H,2,6-9H2,1H3. The van der Waals surface area contributed by atoms with E-state index in [1.807, 2.05) is 0 Å². The summed E-state index contributed by atoms with van der Waals surface area (Å²) in [6, 6.07) is 6.44. The van der Waals surface area contributed by atoms with Gasteiger partial charge < -0.3 is 19.7 Å². The molecule has 1 aromatic carbocycles. The van der Waals surface area contributed by atoms with Gasteiger partial charge in [-0.1, -0.05) is 6.07 Å². The van der Waals surface area contributed by atoms with Crippen LogP contribution in [0.3, 0.4) is 0 Å². The third-order valence-electron chi connectivity index (χ3n) is 2.93. The lowest BCUT2D eigenvalue weighted by atomic mass is 10.2. The lowest BCUT2D eigenvalue weighted by Gasteiger charge is -2.26. The van der Waals surface area contributed by atoms with Crippen LogP contribution in [0.25, 0.3) is 0 Å². The summed E-state index contributed by atoms with van der Waals surface area (Å²) in [6.45, 7) is 4.82. The van der Waals surface area contributed by atoms with Crippen LogP contribution in [0.15, 0.2) is 24.3 Å². The Bertz CT molecular complexity index is 484. The second-order valence-corrected chi connectivity index (χ2v) is 4.35. The number of benzene rings is 1. The SMILES string of the molecule is CCOC(=O)c1cccc(OC(=O)N2CCNCC2)c1. The van der Waals surface area contributed by atoms with Crippen LogP contribution in [0.4, 0.5) is 4.79 Å². The van der Waals surface area contributed by atoms with Crippen molar-refractivity contribution >= 4 is 12.1 Å².